The maximum absolute atomic E-state index is 6.15. The summed E-state index contributed by atoms with van der Waals surface area (Å²) in [5.74, 6) is 2.00. The Morgan fingerprint density at radius 3 is 1.67 bits per heavy atom. The molecule has 0 saturated heterocycles. The number of aryl methyl sites for hydroxylation is 1. The minimum Gasteiger partial charge on any atom is -0.427 e. The first-order chi connectivity index (χ1) is 13.1. The summed E-state index contributed by atoms with van der Waals surface area (Å²) in [5.41, 5.74) is 1.23. The lowest BCUT2D eigenvalue weighted by atomic mass is 10.0. The van der Waals surface area contributed by atoms with Crippen molar-refractivity contribution in [2.24, 2.45) is 11.8 Å². The molecule has 0 fully saturated rings. The zero-order valence-electron chi connectivity index (χ0n) is 18.2. The molecule has 156 valence electrons. The lowest BCUT2D eigenvalue weighted by molar-refractivity contribution is 0.152. The van der Waals surface area contributed by atoms with Crippen molar-refractivity contribution in [3.05, 3.63) is 29.8 Å². The van der Waals surface area contributed by atoms with E-state index in [4.69, 9.17) is 13.6 Å². The first kappa shape index (κ1) is 24.4. The van der Waals surface area contributed by atoms with Gasteiger partial charge in [0.05, 0.1) is 13.2 Å². The fourth-order valence-corrected chi connectivity index (χ4v) is 4.04. The summed E-state index contributed by atoms with van der Waals surface area (Å²) >= 11 is 0. The van der Waals surface area contributed by atoms with Crippen molar-refractivity contribution in [1.82, 2.24) is 0 Å². The highest BCUT2D eigenvalue weighted by atomic mass is 31.2. The van der Waals surface area contributed by atoms with Gasteiger partial charge in [-0.3, -0.25) is 0 Å². The average molecular weight is 397 g/mol. The van der Waals surface area contributed by atoms with Gasteiger partial charge in [-0.05, 0) is 43.7 Å². The van der Waals surface area contributed by atoms with Crippen LogP contribution in [0.3, 0.4) is 0 Å². The third kappa shape index (κ3) is 11.1. The molecule has 0 saturated carbocycles. The molecule has 3 nitrogen and oxygen atoms in total. The molecule has 0 aliphatic rings. The van der Waals surface area contributed by atoms with E-state index >= 15 is 0 Å². The van der Waals surface area contributed by atoms with Crippen molar-refractivity contribution in [2.75, 3.05) is 13.2 Å². The Hall–Kier alpha value is -0.630. The van der Waals surface area contributed by atoms with Crippen LogP contribution in [0.5, 0.6) is 5.75 Å². The molecule has 0 amide bonds. The van der Waals surface area contributed by atoms with E-state index < -0.39 is 8.60 Å². The van der Waals surface area contributed by atoms with Crippen molar-refractivity contribution in [1.29, 1.82) is 0 Å². The maximum atomic E-state index is 6.15. The van der Waals surface area contributed by atoms with Crippen LogP contribution in [0.25, 0.3) is 0 Å². The Morgan fingerprint density at radius 1 is 0.778 bits per heavy atom. The van der Waals surface area contributed by atoms with Gasteiger partial charge in [-0.25, -0.2) is 0 Å². The van der Waals surface area contributed by atoms with Gasteiger partial charge in [0, 0.05) is 0 Å². The van der Waals surface area contributed by atoms with Gasteiger partial charge in [0.2, 0.25) is 0 Å². The monoisotopic (exact) mass is 396 g/mol. The van der Waals surface area contributed by atoms with Crippen LogP contribution >= 0.6 is 8.60 Å². The summed E-state index contributed by atoms with van der Waals surface area (Å²) in [6.07, 6.45) is 9.70. The number of unbranched alkanes of at least 4 members (excludes halogenated alkanes) is 2. The average Bonchev–Trinajstić information content (AvgIpc) is 2.69. The van der Waals surface area contributed by atoms with Crippen LogP contribution < -0.4 is 4.52 Å². The highest BCUT2D eigenvalue weighted by molar-refractivity contribution is 7.42. The summed E-state index contributed by atoms with van der Waals surface area (Å²) in [6.45, 7) is 12.5. The zero-order valence-corrected chi connectivity index (χ0v) is 19.1. The molecule has 1 rings (SSSR count). The second kappa shape index (κ2) is 15.3. The summed E-state index contributed by atoms with van der Waals surface area (Å²) in [6, 6.07) is 8.13. The largest absolute Gasteiger partial charge is 0.427 e. The van der Waals surface area contributed by atoms with Gasteiger partial charge in [0.25, 0.3) is 0 Å². The topological polar surface area (TPSA) is 27.7 Å². The van der Waals surface area contributed by atoms with E-state index in [-0.39, 0.29) is 0 Å². The van der Waals surface area contributed by atoms with Crippen LogP contribution in [0, 0.1) is 18.8 Å². The van der Waals surface area contributed by atoms with Crippen LogP contribution in [-0.4, -0.2) is 13.2 Å². The summed E-state index contributed by atoms with van der Waals surface area (Å²) < 4.78 is 18.4. The van der Waals surface area contributed by atoms with Crippen LogP contribution in [-0.2, 0) is 9.05 Å². The van der Waals surface area contributed by atoms with Gasteiger partial charge in [0.1, 0.15) is 5.75 Å². The predicted molar refractivity (Wildman–Crippen MR) is 117 cm³/mol. The lowest BCUT2D eigenvalue weighted by Gasteiger charge is -2.22. The Kier molecular flexibility index (Phi) is 13.8. The number of hydrogen-bond donors (Lipinski definition) is 0. The highest BCUT2D eigenvalue weighted by Crippen LogP contribution is 2.42. The summed E-state index contributed by atoms with van der Waals surface area (Å²) in [7, 11) is -1.35. The van der Waals surface area contributed by atoms with E-state index in [1.165, 1.54) is 44.1 Å². The van der Waals surface area contributed by atoms with Gasteiger partial charge in [-0.1, -0.05) is 83.9 Å². The van der Waals surface area contributed by atoms with Gasteiger partial charge in [0.15, 0.2) is 0 Å². The van der Waals surface area contributed by atoms with Crippen molar-refractivity contribution in [3.63, 3.8) is 0 Å². The Labute approximate surface area is 169 Å². The van der Waals surface area contributed by atoms with E-state index in [1.807, 2.05) is 12.1 Å². The molecule has 0 radical (unpaired) electrons. The van der Waals surface area contributed by atoms with Crippen LogP contribution in [0.15, 0.2) is 24.3 Å². The standard InChI is InChI=1S/C23H41O3P/c1-6-10-12-21(8-3)18-24-27(25-19-22(9-4)13-11-7-2)26-23-16-14-20(5)15-17-23/h14-17,21-22H,6-13,18-19H2,1-5H3. The van der Waals surface area contributed by atoms with E-state index in [0.29, 0.717) is 11.8 Å². The van der Waals surface area contributed by atoms with Gasteiger partial charge >= 0.3 is 8.60 Å². The molecule has 0 spiro atoms. The first-order valence-electron chi connectivity index (χ1n) is 10.9. The van der Waals surface area contributed by atoms with Crippen molar-refractivity contribution in [2.45, 2.75) is 86.0 Å². The molecule has 27 heavy (non-hydrogen) atoms. The molecule has 2 unspecified atom stereocenters. The van der Waals surface area contributed by atoms with Gasteiger partial charge < -0.3 is 13.6 Å². The fraction of sp³-hybridized carbons (Fsp3) is 0.739. The third-order valence-corrected chi connectivity index (χ3v) is 6.20. The molecule has 0 aromatic heterocycles. The Morgan fingerprint density at radius 2 is 1.26 bits per heavy atom. The SMILES string of the molecule is CCCCC(CC)COP(OCC(CC)CCCC)Oc1ccc(C)cc1. The molecule has 0 aliphatic heterocycles. The molecule has 0 bridgehead atoms. The fourth-order valence-electron chi connectivity index (χ4n) is 2.90. The Balaban J connectivity index is 2.62. The predicted octanol–water partition coefficient (Wildman–Crippen LogP) is 8.07. The highest BCUT2D eigenvalue weighted by Gasteiger charge is 2.20. The maximum Gasteiger partial charge on any atom is 0.397 e. The Bertz CT molecular complexity index is 443. The molecule has 1 aromatic carbocycles. The molecular weight excluding hydrogens is 355 g/mol. The van der Waals surface area contributed by atoms with Crippen molar-refractivity contribution in [3.8, 4) is 5.75 Å². The second-order valence-electron chi connectivity index (χ2n) is 7.55. The first-order valence-corrected chi connectivity index (χ1v) is 12.0. The third-order valence-electron chi connectivity index (χ3n) is 5.12. The molecule has 4 heteroatoms. The minimum absolute atomic E-state index is 0.585. The van der Waals surface area contributed by atoms with Crippen LogP contribution in [0.2, 0.25) is 0 Å². The van der Waals surface area contributed by atoms with Gasteiger partial charge in [-0.15, -0.1) is 0 Å². The number of hydrogen-bond acceptors (Lipinski definition) is 3. The molecule has 2 atom stereocenters. The van der Waals surface area contributed by atoms with Crippen molar-refractivity contribution < 1.29 is 13.6 Å². The number of benzene rings is 1. The normalized spacial score (nSPS) is 14.7. The van der Waals surface area contributed by atoms with Crippen molar-refractivity contribution >= 4 is 8.60 Å². The van der Waals surface area contributed by atoms with E-state index in [0.717, 1.165) is 31.8 Å². The van der Waals surface area contributed by atoms with Crippen LogP contribution in [0.4, 0.5) is 0 Å². The smallest absolute Gasteiger partial charge is 0.397 e. The summed E-state index contributed by atoms with van der Waals surface area (Å²) in [4.78, 5) is 0. The van der Waals surface area contributed by atoms with Crippen LogP contribution in [0.1, 0.15) is 84.6 Å². The molecule has 0 aliphatic carbocycles. The zero-order chi connectivity index (χ0) is 19.9. The molecule has 0 N–H and O–H groups in total. The molecule has 0 heterocycles. The summed E-state index contributed by atoms with van der Waals surface area (Å²) in [5, 5.41) is 0. The van der Waals surface area contributed by atoms with E-state index in [9.17, 15) is 0 Å². The van der Waals surface area contributed by atoms with E-state index in [1.54, 1.807) is 0 Å². The van der Waals surface area contributed by atoms with E-state index in [2.05, 4.69) is 46.8 Å². The molecular formula is C23H41O3P. The second-order valence-corrected chi connectivity index (χ2v) is 8.70. The van der Waals surface area contributed by atoms with Gasteiger partial charge in [-0.2, -0.15) is 0 Å². The molecule has 1 aromatic rings. The lowest BCUT2D eigenvalue weighted by Crippen LogP contribution is -2.12. The number of rotatable bonds is 16. The minimum atomic E-state index is -1.35. The quantitative estimate of drug-likeness (QED) is 0.264.